The summed E-state index contributed by atoms with van der Waals surface area (Å²) in [5.74, 6) is -2.87. The van der Waals surface area contributed by atoms with Gasteiger partial charge in [0.2, 0.25) is 5.11 Å². The Labute approximate surface area is 279 Å². The lowest BCUT2D eigenvalue weighted by Crippen LogP contribution is -2.52. The smallest absolute Gasteiger partial charge is 0.317 e. The summed E-state index contributed by atoms with van der Waals surface area (Å²) in [6.45, 7) is 2.99. The third kappa shape index (κ3) is 20.0. The number of carboxylic acid groups (broad SMARTS) is 2. The molecule has 0 bridgehead atoms. The Balaban J connectivity index is 2.54. The van der Waals surface area contributed by atoms with Gasteiger partial charge in [-0.2, -0.15) is 5.10 Å². The fourth-order valence-corrected chi connectivity index (χ4v) is 3.94. The summed E-state index contributed by atoms with van der Waals surface area (Å²) >= 11 is 9.97. The van der Waals surface area contributed by atoms with E-state index in [1.54, 1.807) is 7.05 Å². The summed E-state index contributed by atoms with van der Waals surface area (Å²) in [6, 6.07) is 7.36. The highest BCUT2D eigenvalue weighted by molar-refractivity contribution is 7.80. The van der Waals surface area contributed by atoms with Gasteiger partial charge in [-0.05, 0) is 68.6 Å². The zero-order valence-electron chi connectivity index (χ0n) is 26.2. The molecule has 0 aliphatic rings. The fourth-order valence-electron chi connectivity index (χ4n) is 3.79. The molecule has 0 atom stereocenters. The second-order valence-corrected chi connectivity index (χ2v) is 10.7. The highest BCUT2D eigenvalue weighted by atomic mass is 32.1. The minimum absolute atomic E-state index is 0.0250. The number of benzene rings is 1. The molecular weight excluding hydrogens is 640 g/mol. The topological polar surface area (TPSA) is 212 Å². The van der Waals surface area contributed by atoms with Crippen molar-refractivity contribution in [3.63, 3.8) is 0 Å². The number of carbonyl (C=O) groups excluding carboxylic acids is 2. The minimum atomic E-state index is -1.20. The minimum Gasteiger partial charge on any atom is -0.494 e. The first-order valence-electron chi connectivity index (χ1n) is 14.4. The van der Waals surface area contributed by atoms with Gasteiger partial charge in [0, 0.05) is 26.7 Å². The third-order valence-electron chi connectivity index (χ3n) is 5.84. The summed E-state index contributed by atoms with van der Waals surface area (Å²) in [7, 11) is 3.63. The Morgan fingerprint density at radius 1 is 0.870 bits per heavy atom. The number of ether oxygens (including phenoxy) is 1. The molecule has 1 aromatic rings. The van der Waals surface area contributed by atoms with Crippen LogP contribution in [0.5, 0.6) is 5.75 Å². The summed E-state index contributed by atoms with van der Waals surface area (Å²) < 4.78 is 5.82. The van der Waals surface area contributed by atoms with Crippen molar-refractivity contribution in [2.75, 3.05) is 73.1 Å². The molecule has 1 rings (SSSR count). The van der Waals surface area contributed by atoms with Crippen LogP contribution in [0.2, 0.25) is 0 Å². The maximum absolute atomic E-state index is 12.5. The van der Waals surface area contributed by atoms with Crippen LogP contribution in [0.15, 0.2) is 29.4 Å². The van der Waals surface area contributed by atoms with Gasteiger partial charge in [-0.3, -0.25) is 56.1 Å². The van der Waals surface area contributed by atoms with Crippen LogP contribution in [-0.2, 0) is 19.2 Å². The van der Waals surface area contributed by atoms with Crippen molar-refractivity contribution in [3.8, 4) is 5.75 Å². The van der Waals surface area contributed by atoms with Crippen molar-refractivity contribution in [3.05, 3.63) is 29.8 Å². The highest BCUT2D eigenvalue weighted by Crippen LogP contribution is 2.12. The standard InChI is InChI=1S/C27H44N10O7S2/c1-4-9-35(3)10-6-13-44-21-8-5-7-20(14-21)15-29-32-27(46)34-31-23(39)17-37(19-25(42)43)12-11-36(18-24(40)41)16-22(38)30-33-26(45)28-2/h5,7-8,14-15H,4,6,9-13,16-19H2,1-3H3,(H,30,38)(H,31,39)(H,40,41)(H,42,43)(H2,28,33,45)(H2,32,34,46)/b29-15+. The molecule has 19 heteroatoms. The van der Waals surface area contributed by atoms with Crippen molar-refractivity contribution in [1.82, 2.24) is 47.1 Å². The van der Waals surface area contributed by atoms with E-state index in [1.807, 2.05) is 24.3 Å². The quantitative estimate of drug-likeness (QED) is 0.0341. The number of rotatable bonds is 20. The number of hydrogen-bond donors (Lipinski definition) is 8. The van der Waals surface area contributed by atoms with E-state index in [0.29, 0.717) is 12.4 Å². The number of nitrogens with zero attached hydrogens (tertiary/aromatic N) is 4. The number of amides is 2. The number of hydrazone groups is 1. The first-order chi connectivity index (χ1) is 21.9. The van der Waals surface area contributed by atoms with Gasteiger partial charge in [0.1, 0.15) is 5.75 Å². The number of hydrazine groups is 2. The van der Waals surface area contributed by atoms with E-state index in [0.717, 1.165) is 31.5 Å². The maximum Gasteiger partial charge on any atom is 0.317 e. The molecule has 0 fully saturated rings. The van der Waals surface area contributed by atoms with Crippen molar-refractivity contribution < 1.29 is 34.1 Å². The van der Waals surface area contributed by atoms with Gasteiger partial charge >= 0.3 is 11.9 Å². The first-order valence-corrected chi connectivity index (χ1v) is 15.2. The van der Waals surface area contributed by atoms with E-state index < -0.39 is 36.8 Å². The Kier molecular flexibility index (Phi) is 20.1. The van der Waals surface area contributed by atoms with Crippen LogP contribution in [-0.4, -0.2) is 138 Å². The van der Waals surface area contributed by atoms with Crippen molar-refractivity contribution in [1.29, 1.82) is 0 Å². The fraction of sp³-hybridized carbons (Fsp3) is 0.519. The second kappa shape index (κ2) is 23.2. The molecule has 0 heterocycles. The van der Waals surface area contributed by atoms with Gasteiger partial charge in [-0.15, -0.1) is 0 Å². The lowest BCUT2D eigenvalue weighted by Gasteiger charge is -2.25. The molecule has 8 N–H and O–H groups in total. The molecule has 0 saturated carbocycles. The third-order valence-corrected chi connectivity index (χ3v) is 6.34. The van der Waals surface area contributed by atoms with E-state index in [1.165, 1.54) is 16.0 Å². The second-order valence-electron chi connectivity index (χ2n) is 9.91. The zero-order valence-corrected chi connectivity index (χ0v) is 27.8. The number of aliphatic carboxylic acids is 2. The van der Waals surface area contributed by atoms with Gasteiger partial charge < -0.3 is 25.2 Å². The van der Waals surface area contributed by atoms with Gasteiger partial charge in [-0.25, -0.2) is 0 Å². The van der Waals surface area contributed by atoms with Crippen LogP contribution in [0.25, 0.3) is 0 Å². The summed E-state index contributed by atoms with van der Waals surface area (Å²) in [6.07, 6.45) is 3.54. The van der Waals surface area contributed by atoms with E-state index in [9.17, 15) is 29.4 Å². The number of carboxylic acids is 2. The van der Waals surface area contributed by atoms with E-state index in [4.69, 9.17) is 29.2 Å². The predicted octanol–water partition coefficient (Wildman–Crippen LogP) is -1.48. The lowest BCUT2D eigenvalue weighted by molar-refractivity contribution is -0.141. The number of carbonyl (C=O) groups is 4. The Hall–Kier alpha value is -4.17. The molecule has 0 aliphatic heterocycles. The molecule has 1 aromatic carbocycles. The highest BCUT2D eigenvalue weighted by Gasteiger charge is 2.19. The molecular formula is C27H44N10O7S2. The van der Waals surface area contributed by atoms with Crippen molar-refractivity contribution >= 4 is 64.6 Å². The van der Waals surface area contributed by atoms with Gasteiger partial charge in [0.15, 0.2) is 5.11 Å². The SMILES string of the molecule is CCCN(C)CCCOc1cccc(/C=N/NC(=S)NNC(=O)CN(CCN(CC(=O)O)CC(=O)NNC(=S)NC)CC(=O)O)c1. The van der Waals surface area contributed by atoms with Gasteiger partial charge in [0.05, 0.1) is 39.0 Å². The molecule has 0 saturated heterocycles. The van der Waals surface area contributed by atoms with E-state index in [2.05, 4.69) is 56.4 Å². The van der Waals surface area contributed by atoms with Gasteiger partial charge in [0.25, 0.3) is 11.8 Å². The summed E-state index contributed by atoms with van der Waals surface area (Å²) in [4.78, 5) is 52.1. The van der Waals surface area contributed by atoms with Crippen LogP contribution >= 0.6 is 24.4 Å². The van der Waals surface area contributed by atoms with Crippen LogP contribution < -0.4 is 37.2 Å². The Morgan fingerprint density at radius 3 is 2.00 bits per heavy atom. The molecule has 0 spiro atoms. The molecule has 0 aromatic heterocycles. The number of hydrogen-bond acceptors (Lipinski definition) is 11. The monoisotopic (exact) mass is 684 g/mol. The summed E-state index contributed by atoms with van der Waals surface area (Å²) in [5.41, 5.74) is 12.9. The molecule has 256 valence electrons. The Morgan fingerprint density at radius 2 is 1.46 bits per heavy atom. The van der Waals surface area contributed by atoms with Crippen LogP contribution in [0.4, 0.5) is 0 Å². The number of thiocarbonyl (C=S) groups is 2. The molecule has 2 amide bonds. The molecule has 17 nitrogen and oxygen atoms in total. The van der Waals surface area contributed by atoms with Crippen molar-refractivity contribution in [2.24, 2.45) is 5.10 Å². The molecule has 46 heavy (non-hydrogen) atoms. The van der Waals surface area contributed by atoms with Crippen LogP contribution in [0.1, 0.15) is 25.3 Å². The Bertz CT molecular complexity index is 1190. The first kappa shape index (κ1) is 39.9. The average molecular weight is 685 g/mol. The van der Waals surface area contributed by atoms with E-state index in [-0.39, 0.29) is 36.4 Å². The largest absolute Gasteiger partial charge is 0.494 e. The average Bonchev–Trinajstić information content (AvgIpc) is 2.99. The molecule has 0 aliphatic carbocycles. The van der Waals surface area contributed by atoms with Crippen LogP contribution in [0.3, 0.4) is 0 Å². The maximum atomic E-state index is 12.5. The predicted molar refractivity (Wildman–Crippen MR) is 180 cm³/mol. The summed E-state index contributed by atoms with van der Waals surface area (Å²) in [5, 5.41) is 25.2. The normalized spacial score (nSPS) is 10.9. The molecule has 0 unspecified atom stereocenters. The van der Waals surface area contributed by atoms with Crippen LogP contribution in [0, 0.1) is 0 Å². The van der Waals surface area contributed by atoms with E-state index >= 15 is 0 Å². The zero-order chi connectivity index (χ0) is 34.3. The number of nitrogens with one attached hydrogen (secondary N) is 6. The molecule has 0 radical (unpaired) electrons. The van der Waals surface area contributed by atoms with Crippen molar-refractivity contribution in [2.45, 2.75) is 19.8 Å². The van der Waals surface area contributed by atoms with Gasteiger partial charge in [-0.1, -0.05) is 19.1 Å². The lowest BCUT2D eigenvalue weighted by atomic mass is 10.2.